The Morgan fingerprint density at radius 1 is 1.00 bits per heavy atom. The maximum atomic E-state index is 12.5. The van der Waals surface area contributed by atoms with Gasteiger partial charge in [0.15, 0.2) is 0 Å². The lowest BCUT2D eigenvalue weighted by Crippen LogP contribution is -2.49. The number of hydrogen-bond acceptors (Lipinski definition) is 3. The number of carbonyl (C=O) groups is 1. The van der Waals surface area contributed by atoms with E-state index in [1.165, 1.54) is 44.2 Å². The van der Waals surface area contributed by atoms with E-state index < -0.39 is 0 Å². The van der Waals surface area contributed by atoms with Crippen molar-refractivity contribution in [3.63, 3.8) is 0 Å². The molecule has 0 spiro atoms. The average molecular weight is 295 g/mol. The molecule has 1 amide bonds. The van der Waals surface area contributed by atoms with Crippen molar-refractivity contribution in [2.24, 2.45) is 28.3 Å². The fourth-order valence-electron chi connectivity index (χ4n) is 5.87. The Hall–Kier alpha value is -1.71. The van der Waals surface area contributed by atoms with Crippen molar-refractivity contribution in [2.75, 3.05) is 5.01 Å². The highest BCUT2D eigenvalue weighted by molar-refractivity contribution is 6.15. The fourth-order valence-corrected chi connectivity index (χ4v) is 5.87. The maximum Gasteiger partial charge on any atom is 0.253 e. The highest BCUT2D eigenvalue weighted by Gasteiger charge is 2.54. The summed E-state index contributed by atoms with van der Waals surface area (Å²) in [6, 6.07) is 3.73. The van der Waals surface area contributed by atoms with Gasteiger partial charge in [0.05, 0.1) is 17.8 Å². The molecule has 1 aromatic heterocycles. The summed E-state index contributed by atoms with van der Waals surface area (Å²) in [6.45, 7) is 0. The molecule has 2 heterocycles. The van der Waals surface area contributed by atoms with E-state index in [0.717, 1.165) is 23.4 Å². The van der Waals surface area contributed by atoms with Crippen molar-refractivity contribution in [3.8, 4) is 0 Å². The van der Waals surface area contributed by atoms with Gasteiger partial charge in [0.2, 0.25) is 0 Å². The molecular formula is C18H21N3O. The standard InChI is InChI=1S/C18H21N3O/c22-17-8-16(20-21(17)15-1-3-19-4-2-15)18-9-12-5-13(10-18)7-14(6-12)11-18/h1-4,12-14H,5-11H2. The molecule has 22 heavy (non-hydrogen) atoms. The zero-order chi connectivity index (χ0) is 14.7. The van der Waals surface area contributed by atoms with Crippen LogP contribution in [0.2, 0.25) is 0 Å². The number of amides is 1. The van der Waals surface area contributed by atoms with E-state index >= 15 is 0 Å². The number of hydrogen-bond donors (Lipinski definition) is 0. The molecule has 0 aromatic carbocycles. The van der Waals surface area contributed by atoms with Crippen LogP contribution in [-0.4, -0.2) is 16.6 Å². The van der Waals surface area contributed by atoms with Crippen molar-refractivity contribution in [1.82, 2.24) is 4.98 Å². The van der Waals surface area contributed by atoms with Crippen LogP contribution in [0.1, 0.15) is 44.9 Å². The predicted octanol–water partition coefficient (Wildman–Crippen LogP) is 3.39. The van der Waals surface area contributed by atoms with Crippen LogP contribution in [0.25, 0.3) is 0 Å². The summed E-state index contributed by atoms with van der Waals surface area (Å²) < 4.78 is 0. The minimum Gasteiger partial charge on any atom is -0.272 e. The molecule has 4 nitrogen and oxygen atoms in total. The molecule has 4 aliphatic carbocycles. The summed E-state index contributed by atoms with van der Waals surface area (Å²) in [5, 5.41) is 6.41. The Kier molecular flexibility index (Phi) is 2.56. The first-order valence-corrected chi connectivity index (χ1v) is 8.53. The molecule has 4 heteroatoms. The number of carbonyl (C=O) groups excluding carboxylic acids is 1. The summed E-state index contributed by atoms with van der Waals surface area (Å²) in [4.78, 5) is 16.5. The Morgan fingerprint density at radius 3 is 2.18 bits per heavy atom. The van der Waals surface area contributed by atoms with Gasteiger partial charge in [-0.15, -0.1) is 0 Å². The van der Waals surface area contributed by atoms with E-state index in [0.29, 0.717) is 6.42 Å². The first kappa shape index (κ1) is 12.8. The van der Waals surface area contributed by atoms with Gasteiger partial charge in [0.1, 0.15) is 0 Å². The number of rotatable bonds is 2. The quantitative estimate of drug-likeness (QED) is 0.839. The average Bonchev–Trinajstić information content (AvgIpc) is 2.90. The molecule has 114 valence electrons. The molecule has 4 saturated carbocycles. The Balaban J connectivity index is 1.50. The van der Waals surface area contributed by atoms with Gasteiger partial charge >= 0.3 is 0 Å². The van der Waals surface area contributed by atoms with Gasteiger partial charge in [-0.2, -0.15) is 5.10 Å². The summed E-state index contributed by atoms with van der Waals surface area (Å²) in [5.74, 6) is 2.79. The van der Waals surface area contributed by atoms with Crippen molar-refractivity contribution < 1.29 is 4.79 Å². The third-order valence-corrected chi connectivity index (χ3v) is 6.33. The molecule has 4 fully saturated rings. The molecule has 6 rings (SSSR count). The Morgan fingerprint density at radius 2 is 1.59 bits per heavy atom. The van der Waals surface area contributed by atoms with E-state index in [1.54, 1.807) is 17.4 Å². The maximum absolute atomic E-state index is 12.5. The van der Waals surface area contributed by atoms with Gasteiger partial charge in [-0.3, -0.25) is 9.78 Å². The summed E-state index contributed by atoms with van der Waals surface area (Å²) in [5.41, 5.74) is 2.26. The number of hydrazone groups is 1. The molecule has 4 bridgehead atoms. The van der Waals surface area contributed by atoms with E-state index in [9.17, 15) is 4.79 Å². The largest absolute Gasteiger partial charge is 0.272 e. The van der Waals surface area contributed by atoms with Crippen LogP contribution in [0.4, 0.5) is 5.69 Å². The van der Waals surface area contributed by atoms with Crippen molar-refractivity contribution >= 4 is 17.3 Å². The predicted molar refractivity (Wildman–Crippen MR) is 84.4 cm³/mol. The van der Waals surface area contributed by atoms with Gasteiger partial charge in [0.25, 0.3) is 5.91 Å². The zero-order valence-corrected chi connectivity index (χ0v) is 12.7. The van der Waals surface area contributed by atoms with Crippen LogP contribution < -0.4 is 5.01 Å². The minimum absolute atomic E-state index is 0.122. The minimum atomic E-state index is 0.122. The number of nitrogens with zero attached hydrogens (tertiary/aromatic N) is 3. The van der Waals surface area contributed by atoms with Crippen LogP contribution in [0, 0.1) is 23.2 Å². The lowest BCUT2D eigenvalue weighted by molar-refractivity contribution is -0.117. The van der Waals surface area contributed by atoms with Crippen LogP contribution in [0.3, 0.4) is 0 Å². The monoisotopic (exact) mass is 295 g/mol. The summed E-state index contributed by atoms with van der Waals surface area (Å²) in [7, 11) is 0. The molecule has 0 unspecified atom stereocenters. The second-order valence-corrected chi connectivity index (χ2v) is 7.83. The molecule has 1 aliphatic heterocycles. The SMILES string of the molecule is O=C1CC(C23CC4CC(CC(C4)C2)C3)=NN1c1ccncc1. The van der Waals surface area contributed by atoms with Gasteiger partial charge in [-0.1, -0.05) is 0 Å². The normalized spacial score (nSPS) is 39.5. The number of pyridine rings is 1. The third-order valence-electron chi connectivity index (χ3n) is 6.33. The van der Waals surface area contributed by atoms with Crippen LogP contribution in [0.15, 0.2) is 29.6 Å². The lowest BCUT2D eigenvalue weighted by Gasteiger charge is -2.56. The van der Waals surface area contributed by atoms with E-state index in [-0.39, 0.29) is 11.3 Å². The number of anilines is 1. The third kappa shape index (κ3) is 1.79. The van der Waals surface area contributed by atoms with Gasteiger partial charge in [0, 0.05) is 17.8 Å². The van der Waals surface area contributed by atoms with Crippen LogP contribution >= 0.6 is 0 Å². The van der Waals surface area contributed by atoms with E-state index in [2.05, 4.69) is 4.98 Å². The first-order valence-electron chi connectivity index (χ1n) is 8.53. The number of aromatic nitrogens is 1. The van der Waals surface area contributed by atoms with E-state index in [4.69, 9.17) is 5.10 Å². The highest BCUT2D eigenvalue weighted by atomic mass is 16.2. The first-order chi connectivity index (χ1) is 10.7. The van der Waals surface area contributed by atoms with E-state index in [1.807, 2.05) is 12.1 Å². The molecule has 0 saturated heterocycles. The molecule has 1 aromatic rings. The smallest absolute Gasteiger partial charge is 0.253 e. The molecule has 5 aliphatic rings. The second-order valence-electron chi connectivity index (χ2n) is 7.83. The highest BCUT2D eigenvalue weighted by Crippen LogP contribution is 2.61. The topological polar surface area (TPSA) is 45.6 Å². The molecule has 0 N–H and O–H groups in total. The molecular weight excluding hydrogens is 274 g/mol. The Bertz CT molecular complexity index is 616. The van der Waals surface area contributed by atoms with Gasteiger partial charge in [-0.25, -0.2) is 5.01 Å². The van der Waals surface area contributed by atoms with Gasteiger partial charge < -0.3 is 0 Å². The molecule has 0 atom stereocenters. The van der Waals surface area contributed by atoms with Crippen LogP contribution in [-0.2, 0) is 4.79 Å². The van der Waals surface area contributed by atoms with Crippen molar-refractivity contribution in [1.29, 1.82) is 0 Å². The van der Waals surface area contributed by atoms with Crippen molar-refractivity contribution in [3.05, 3.63) is 24.5 Å². The van der Waals surface area contributed by atoms with Crippen LogP contribution in [0.5, 0.6) is 0 Å². The summed E-state index contributed by atoms with van der Waals surface area (Å²) >= 11 is 0. The Labute approximate surface area is 130 Å². The molecule has 0 radical (unpaired) electrons. The lowest BCUT2D eigenvalue weighted by atomic mass is 9.48. The van der Waals surface area contributed by atoms with Gasteiger partial charge in [-0.05, 0) is 68.4 Å². The summed E-state index contributed by atoms with van der Waals surface area (Å²) in [6.07, 6.45) is 12.1. The van der Waals surface area contributed by atoms with Crippen molar-refractivity contribution in [2.45, 2.75) is 44.9 Å². The fraction of sp³-hybridized carbons (Fsp3) is 0.611. The second kappa shape index (κ2) is 4.40. The zero-order valence-electron chi connectivity index (χ0n) is 12.7.